The molecule has 0 saturated heterocycles. The highest BCUT2D eigenvalue weighted by Gasteiger charge is 2.04. The van der Waals surface area contributed by atoms with Crippen molar-refractivity contribution >= 4 is 17.1 Å². The van der Waals surface area contributed by atoms with Crippen molar-refractivity contribution in [3.8, 4) is 11.1 Å². The number of anilines is 3. The predicted molar refractivity (Wildman–Crippen MR) is 95.9 cm³/mol. The van der Waals surface area contributed by atoms with E-state index in [1.807, 2.05) is 6.07 Å². The second-order valence-electron chi connectivity index (χ2n) is 5.48. The topological polar surface area (TPSA) is 15.3 Å². The number of nitrogens with zero attached hydrogens (tertiary/aromatic N) is 1. The van der Waals surface area contributed by atoms with Crippen molar-refractivity contribution in [3.05, 3.63) is 78.9 Å². The molecule has 0 aromatic heterocycles. The Balaban J connectivity index is 1.91. The predicted octanol–water partition coefficient (Wildman–Crippen LogP) is 5.16. The smallest absolute Gasteiger partial charge is 0.0621 e. The van der Waals surface area contributed by atoms with Crippen LogP contribution in [0.3, 0.4) is 0 Å². The first kappa shape index (κ1) is 14.2. The van der Waals surface area contributed by atoms with E-state index < -0.39 is 0 Å². The maximum absolute atomic E-state index is 3.52. The van der Waals surface area contributed by atoms with Crippen molar-refractivity contribution in [2.75, 3.05) is 24.3 Å². The van der Waals surface area contributed by atoms with Crippen LogP contribution in [0.15, 0.2) is 78.9 Å². The summed E-state index contributed by atoms with van der Waals surface area (Å²) in [6.45, 7) is 0. The van der Waals surface area contributed by atoms with Gasteiger partial charge in [0.05, 0.1) is 11.4 Å². The van der Waals surface area contributed by atoms with E-state index in [1.54, 1.807) is 0 Å². The van der Waals surface area contributed by atoms with Crippen LogP contribution in [0, 0.1) is 0 Å². The summed E-state index contributed by atoms with van der Waals surface area (Å²) in [5, 5.41) is 3.52. The zero-order valence-corrected chi connectivity index (χ0v) is 13.0. The van der Waals surface area contributed by atoms with Crippen molar-refractivity contribution in [1.82, 2.24) is 0 Å². The summed E-state index contributed by atoms with van der Waals surface area (Å²) < 4.78 is 0. The molecule has 3 aromatic rings. The average Bonchev–Trinajstić information content (AvgIpc) is 2.56. The minimum absolute atomic E-state index is 1.09. The standard InChI is InChI=1S/C20H20N2/c1-22(2)20-14-7-6-13-19(20)21-18-12-8-11-17(15-18)16-9-4-3-5-10-16/h3-15,21H,1-2H3. The van der Waals surface area contributed by atoms with Crippen LogP contribution in [0.2, 0.25) is 0 Å². The van der Waals surface area contributed by atoms with E-state index >= 15 is 0 Å². The molecule has 0 aliphatic heterocycles. The van der Waals surface area contributed by atoms with Gasteiger partial charge in [-0.1, -0.05) is 54.6 Å². The molecule has 22 heavy (non-hydrogen) atoms. The van der Waals surface area contributed by atoms with Crippen LogP contribution < -0.4 is 10.2 Å². The molecule has 0 atom stereocenters. The Morgan fingerprint density at radius 3 is 2.14 bits per heavy atom. The lowest BCUT2D eigenvalue weighted by Crippen LogP contribution is -2.10. The van der Waals surface area contributed by atoms with Crippen LogP contribution in [0.1, 0.15) is 0 Å². The van der Waals surface area contributed by atoms with Crippen LogP contribution in [0.5, 0.6) is 0 Å². The summed E-state index contributed by atoms with van der Waals surface area (Å²) in [6.07, 6.45) is 0. The summed E-state index contributed by atoms with van der Waals surface area (Å²) in [5.41, 5.74) is 5.82. The Labute approximate surface area is 132 Å². The Morgan fingerprint density at radius 1 is 0.682 bits per heavy atom. The van der Waals surface area contributed by atoms with E-state index in [9.17, 15) is 0 Å². The monoisotopic (exact) mass is 288 g/mol. The fourth-order valence-corrected chi connectivity index (χ4v) is 2.53. The number of hydrogen-bond donors (Lipinski definition) is 1. The van der Waals surface area contributed by atoms with Gasteiger partial charge in [0.2, 0.25) is 0 Å². The third kappa shape index (κ3) is 3.12. The van der Waals surface area contributed by atoms with Gasteiger partial charge in [-0.2, -0.15) is 0 Å². The highest BCUT2D eigenvalue weighted by molar-refractivity contribution is 5.77. The molecule has 0 aliphatic rings. The van der Waals surface area contributed by atoms with Crippen molar-refractivity contribution < 1.29 is 0 Å². The van der Waals surface area contributed by atoms with Gasteiger partial charge in [-0.15, -0.1) is 0 Å². The number of para-hydroxylation sites is 2. The quantitative estimate of drug-likeness (QED) is 0.713. The third-order valence-corrected chi connectivity index (χ3v) is 3.63. The molecule has 2 nitrogen and oxygen atoms in total. The van der Waals surface area contributed by atoms with Gasteiger partial charge in [-0.3, -0.25) is 0 Å². The van der Waals surface area contributed by atoms with Crippen molar-refractivity contribution in [1.29, 1.82) is 0 Å². The summed E-state index contributed by atoms with van der Waals surface area (Å²) in [4.78, 5) is 2.11. The SMILES string of the molecule is CN(C)c1ccccc1Nc1cccc(-c2ccccc2)c1. The van der Waals surface area contributed by atoms with Crippen molar-refractivity contribution in [2.45, 2.75) is 0 Å². The maximum atomic E-state index is 3.52. The van der Waals surface area contributed by atoms with E-state index in [0.717, 1.165) is 11.4 Å². The normalized spacial score (nSPS) is 10.3. The van der Waals surface area contributed by atoms with Gasteiger partial charge in [-0.05, 0) is 35.4 Å². The molecular formula is C20H20N2. The van der Waals surface area contributed by atoms with Crippen LogP contribution in [-0.2, 0) is 0 Å². The second-order valence-corrected chi connectivity index (χ2v) is 5.48. The zero-order valence-electron chi connectivity index (χ0n) is 13.0. The minimum Gasteiger partial charge on any atom is -0.376 e. The molecule has 3 aromatic carbocycles. The largest absolute Gasteiger partial charge is 0.376 e. The Morgan fingerprint density at radius 2 is 1.36 bits per heavy atom. The average molecular weight is 288 g/mol. The van der Waals surface area contributed by atoms with E-state index in [-0.39, 0.29) is 0 Å². The molecule has 110 valence electrons. The first-order chi connectivity index (χ1) is 10.7. The highest BCUT2D eigenvalue weighted by atomic mass is 15.1. The van der Waals surface area contributed by atoms with Gasteiger partial charge in [0.1, 0.15) is 0 Å². The second kappa shape index (κ2) is 6.35. The van der Waals surface area contributed by atoms with Crippen LogP contribution in [-0.4, -0.2) is 14.1 Å². The molecule has 0 heterocycles. The lowest BCUT2D eigenvalue weighted by molar-refractivity contribution is 1.13. The molecule has 0 aliphatic carbocycles. The van der Waals surface area contributed by atoms with Crippen molar-refractivity contribution in [3.63, 3.8) is 0 Å². The lowest BCUT2D eigenvalue weighted by atomic mass is 10.1. The van der Waals surface area contributed by atoms with E-state index in [0.29, 0.717) is 0 Å². The third-order valence-electron chi connectivity index (χ3n) is 3.63. The van der Waals surface area contributed by atoms with Gasteiger partial charge in [0.25, 0.3) is 0 Å². The molecule has 0 unspecified atom stereocenters. The lowest BCUT2D eigenvalue weighted by Gasteiger charge is -2.18. The molecule has 2 heteroatoms. The molecule has 1 N–H and O–H groups in total. The number of benzene rings is 3. The van der Waals surface area contributed by atoms with Crippen LogP contribution >= 0.6 is 0 Å². The van der Waals surface area contributed by atoms with E-state index in [1.165, 1.54) is 16.8 Å². The first-order valence-electron chi connectivity index (χ1n) is 7.43. The van der Waals surface area contributed by atoms with Gasteiger partial charge in [0.15, 0.2) is 0 Å². The number of rotatable bonds is 4. The Kier molecular flexibility index (Phi) is 4.10. The molecule has 3 rings (SSSR count). The van der Waals surface area contributed by atoms with E-state index in [2.05, 4.69) is 97.1 Å². The van der Waals surface area contributed by atoms with Crippen LogP contribution in [0.25, 0.3) is 11.1 Å². The van der Waals surface area contributed by atoms with Gasteiger partial charge < -0.3 is 10.2 Å². The molecule has 0 amide bonds. The number of nitrogens with one attached hydrogen (secondary N) is 1. The molecule has 0 radical (unpaired) electrons. The van der Waals surface area contributed by atoms with Crippen LogP contribution in [0.4, 0.5) is 17.1 Å². The maximum Gasteiger partial charge on any atom is 0.0621 e. The van der Waals surface area contributed by atoms with Crippen molar-refractivity contribution in [2.24, 2.45) is 0 Å². The zero-order chi connectivity index (χ0) is 15.4. The first-order valence-corrected chi connectivity index (χ1v) is 7.43. The minimum atomic E-state index is 1.09. The summed E-state index contributed by atoms with van der Waals surface area (Å²) >= 11 is 0. The van der Waals surface area contributed by atoms with E-state index in [4.69, 9.17) is 0 Å². The summed E-state index contributed by atoms with van der Waals surface area (Å²) in [5.74, 6) is 0. The molecule has 0 saturated carbocycles. The van der Waals surface area contributed by atoms with Gasteiger partial charge in [0, 0.05) is 19.8 Å². The molecule has 0 spiro atoms. The summed E-state index contributed by atoms with van der Waals surface area (Å²) in [7, 11) is 4.11. The molecular weight excluding hydrogens is 268 g/mol. The Bertz CT molecular complexity index is 748. The number of hydrogen-bond acceptors (Lipinski definition) is 2. The molecule has 0 bridgehead atoms. The fourth-order valence-electron chi connectivity index (χ4n) is 2.53. The highest BCUT2D eigenvalue weighted by Crippen LogP contribution is 2.29. The van der Waals surface area contributed by atoms with Gasteiger partial charge >= 0.3 is 0 Å². The fraction of sp³-hybridized carbons (Fsp3) is 0.100. The Hall–Kier alpha value is -2.74. The molecule has 0 fully saturated rings. The van der Waals surface area contributed by atoms with Gasteiger partial charge in [-0.25, -0.2) is 0 Å². The summed E-state index contributed by atoms with van der Waals surface area (Å²) in [6, 6.07) is 27.3.